The van der Waals surface area contributed by atoms with Crippen LogP contribution in [-0.4, -0.2) is 96.7 Å². The van der Waals surface area contributed by atoms with Crippen molar-refractivity contribution in [3.05, 3.63) is 134 Å². The maximum atomic E-state index is 13.1. The molecular formula is C87H148O17P2. The van der Waals surface area contributed by atoms with Crippen molar-refractivity contribution in [1.29, 1.82) is 0 Å². The van der Waals surface area contributed by atoms with Gasteiger partial charge < -0.3 is 33.8 Å². The number of allylic oxidation sites excluding steroid dienone is 22. The van der Waals surface area contributed by atoms with Gasteiger partial charge in [0.2, 0.25) is 0 Å². The van der Waals surface area contributed by atoms with E-state index in [0.717, 1.165) is 180 Å². The number of aliphatic hydroxyl groups is 1. The second kappa shape index (κ2) is 78.3. The third-order valence-corrected chi connectivity index (χ3v) is 19.0. The number of esters is 4. The van der Waals surface area contributed by atoms with Gasteiger partial charge in [0, 0.05) is 25.7 Å². The highest BCUT2D eigenvalue weighted by Gasteiger charge is 2.30. The van der Waals surface area contributed by atoms with E-state index in [0.29, 0.717) is 32.1 Å². The van der Waals surface area contributed by atoms with Gasteiger partial charge in [0.25, 0.3) is 0 Å². The smallest absolute Gasteiger partial charge is 0.462 e. The van der Waals surface area contributed by atoms with Crippen LogP contribution in [0.25, 0.3) is 0 Å². The van der Waals surface area contributed by atoms with Crippen LogP contribution >= 0.6 is 15.6 Å². The van der Waals surface area contributed by atoms with E-state index in [1.165, 1.54) is 70.6 Å². The largest absolute Gasteiger partial charge is 0.472 e. The van der Waals surface area contributed by atoms with Crippen molar-refractivity contribution in [3.63, 3.8) is 0 Å². The fourth-order valence-corrected chi connectivity index (χ4v) is 12.3. The van der Waals surface area contributed by atoms with E-state index in [1.54, 1.807) is 0 Å². The minimum atomic E-state index is -5.00. The number of hydrogen-bond donors (Lipinski definition) is 3. The minimum absolute atomic E-state index is 0.0758. The van der Waals surface area contributed by atoms with Crippen LogP contribution in [0.2, 0.25) is 0 Å². The summed E-state index contributed by atoms with van der Waals surface area (Å²) < 4.78 is 68.6. The lowest BCUT2D eigenvalue weighted by Gasteiger charge is -2.21. The van der Waals surface area contributed by atoms with E-state index in [1.807, 2.05) is 12.2 Å². The minimum Gasteiger partial charge on any atom is -0.462 e. The SMILES string of the molecule is CC/C=C\C/C=C\C/C=C\C/C=C\C/C=C\CCCCCC(=O)OC[C@H](COP(=O)(O)OC[C@@H](O)COP(=O)(O)OC[C@@H](COC(=O)CCC/C=C\C/C=C\C/C=C\C/C=C\CCCCC)OC(=O)CCCCCCCCC/C=C\CCCCCC)OC(=O)CCCCCCCCC/C=C\CCCCCC. The molecule has 0 saturated heterocycles. The molecule has 0 fully saturated rings. The van der Waals surface area contributed by atoms with Crippen LogP contribution < -0.4 is 0 Å². The molecule has 5 atom stereocenters. The monoisotopic (exact) mass is 1530 g/mol. The van der Waals surface area contributed by atoms with Crippen LogP contribution in [-0.2, 0) is 65.4 Å². The molecule has 3 N–H and O–H groups in total. The van der Waals surface area contributed by atoms with Crippen molar-refractivity contribution in [2.75, 3.05) is 39.6 Å². The molecule has 0 bridgehead atoms. The zero-order valence-electron chi connectivity index (χ0n) is 66.6. The van der Waals surface area contributed by atoms with Gasteiger partial charge in [-0.05, 0) is 161 Å². The van der Waals surface area contributed by atoms with Crippen molar-refractivity contribution in [2.45, 2.75) is 354 Å². The predicted molar refractivity (Wildman–Crippen MR) is 436 cm³/mol. The van der Waals surface area contributed by atoms with E-state index in [9.17, 15) is 43.2 Å². The highest BCUT2D eigenvalue weighted by molar-refractivity contribution is 7.47. The summed E-state index contributed by atoms with van der Waals surface area (Å²) in [5.74, 6) is -2.28. The zero-order chi connectivity index (χ0) is 77.4. The van der Waals surface area contributed by atoms with Crippen molar-refractivity contribution in [1.82, 2.24) is 0 Å². The van der Waals surface area contributed by atoms with Crippen molar-refractivity contribution < 1.29 is 80.2 Å². The van der Waals surface area contributed by atoms with Crippen LogP contribution in [0, 0.1) is 0 Å². The highest BCUT2D eigenvalue weighted by atomic mass is 31.2. The third kappa shape index (κ3) is 77.4. The first-order valence-electron chi connectivity index (χ1n) is 41.4. The maximum absolute atomic E-state index is 13.1. The van der Waals surface area contributed by atoms with Gasteiger partial charge in [0.05, 0.1) is 26.4 Å². The average Bonchev–Trinajstić information content (AvgIpc) is 0.909. The van der Waals surface area contributed by atoms with E-state index in [-0.39, 0.29) is 25.7 Å². The van der Waals surface area contributed by atoms with Gasteiger partial charge in [-0.25, -0.2) is 9.13 Å². The van der Waals surface area contributed by atoms with Crippen LogP contribution in [0.1, 0.15) is 336 Å². The molecule has 0 aromatic rings. The summed E-state index contributed by atoms with van der Waals surface area (Å²) in [4.78, 5) is 73.1. The lowest BCUT2D eigenvalue weighted by Crippen LogP contribution is -2.30. The molecule has 0 aliphatic rings. The zero-order valence-corrected chi connectivity index (χ0v) is 68.4. The van der Waals surface area contributed by atoms with Crippen LogP contribution in [0.3, 0.4) is 0 Å². The molecule has 0 aromatic heterocycles. The Morgan fingerprint density at radius 3 is 0.830 bits per heavy atom. The van der Waals surface area contributed by atoms with E-state index < -0.39 is 97.5 Å². The molecule has 0 amide bonds. The Morgan fingerprint density at radius 2 is 0.500 bits per heavy atom. The molecule has 0 aliphatic carbocycles. The van der Waals surface area contributed by atoms with E-state index in [2.05, 4.69) is 149 Å². The fourth-order valence-electron chi connectivity index (χ4n) is 10.8. The Morgan fingerprint density at radius 1 is 0.274 bits per heavy atom. The molecule has 0 rings (SSSR count). The van der Waals surface area contributed by atoms with Crippen molar-refractivity contribution >= 4 is 39.5 Å². The molecule has 0 radical (unpaired) electrons. The van der Waals surface area contributed by atoms with Crippen LogP contribution in [0.5, 0.6) is 0 Å². The molecule has 0 saturated carbocycles. The first-order chi connectivity index (χ1) is 51.7. The number of phosphoric acid groups is 2. The first kappa shape index (κ1) is 101. The Bertz CT molecular complexity index is 2530. The van der Waals surface area contributed by atoms with Gasteiger partial charge in [-0.2, -0.15) is 0 Å². The number of aliphatic hydroxyl groups excluding tert-OH is 1. The molecule has 17 nitrogen and oxygen atoms in total. The van der Waals surface area contributed by atoms with Gasteiger partial charge >= 0.3 is 39.5 Å². The summed E-state index contributed by atoms with van der Waals surface area (Å²) in [6, 6.07) is 0. The molecule has 0 spiro atoms. The number of hydrogen-bond acceptors (Lipinski definition) is 15. The quantitative estimate of drug-likeness (QED) is 0.0169. The van der Waals surface area contributed by atoms with Gasteiger partial charge in [-0.3, -0.25) is 37.3 Å². The summed E-state index contributed by atoms with van der Waals surface area (Å²) >= 11 is 0. The molecular weight excluding hydrogens is 1380 g/mol. The Balaban J connectivity index is 5.44. The normalized spacial score (nSPS) is 14.5. The molecule has 19 heteroatoms. The number of carbonyl (C=O) groups excluding carboxylic acids is 4. The van der Waals surface area contributed by atoms with Gasteiger partial charge in [-0.15, -0.1) is 0 Å². The maximum Gasteiger partial charge on any atom is 0.472 e. The fraction of sp³-hybridized carbons (Fsp3) is 0.701. The summed E-state index contributed by atoms with van der Waals surface area (Å²) in [6.45, 7) is 4.63. The van der Waals surface area contributed by atoms with Crippen LogP contribution in [0.4, 0.5) is 0 Å². The Hall–Kier alpha value is -4.80. The molecule has 608 valence electrons. The number of carbonyl (C=O) groups is 4. The molecule has 0 heterocycles. The van der Waals surface area contributed by atoms with Gasteiger partial charge in [0.15, 0.2) is 12.2 Å². The van der Waals surface area contributed by atoms with Gasteiger partial charge in [-0.1, -0.05) is 283 Å². The lowest BCUT2D eigenvalue weighted by molar-refractivity contribution is -0.161. The molecule has 2 unspecified atom stereocenters. The summed E-state index contributed by atoms with van der Waals surface area (Å²) in [7, 11) is -9.99. The third-order valence-electron chi connectivity index (χ3n) is 17.1. The predicted octanol–water partition coefficient (Wildman–Crippen LogP) is 24.4. The second-order valence-corrected chi connectivity index (χ2v) is 30.2. The van der Waals surface area contributed by atoms with E-state index in [4.69, 9.17) is 37.0 Å². The number of rotatable bonds is 77. The second-order valence-electron chi connectivity index (χ2n) is 27.3. The number of unbranched alkanes of at least 4 members (excludes halogenated alkanes) is 29. The molecule has 0 aromatic carbocycles. The molecule has 0 aliphatic heterocycles. The van der Waals surface area contributed by atoms with Gasteiger partial charge in [0.1, 0.15) is 19.3 Å². The van der Waals surface area contributed by atoms with Crippen LogP contribution in [0.15, 0.2) is 134 Å². The summed E-state index contributed by atoms with van der Waals surface area (Å²) in [5.41, 5.74) is 0. The Labute approximate surface area is 644 Å². The highest BCUT2D eigenvalue weighted by Crippen LogP contribution is 2.45. The average molecular weight is 1530 g/mol. The summed E-state index contributed by atoms with van der Waals surface area (Å²) in [6.07, 6.45) is 88.5. The standard InChI is InChI=1S/C87H148O17P2/c1-5-9-13-17-21-25-29-33-37-39-40-42-46-48-52-56-60-64-68-72-85(90)98-78-83(104-87(92)74-70-66-62-58-54-50-44-36-32-28-24-20-16-12-8-4)80-102-106(95,96)100-76-81(88)75-99-105(93,94)101-79-82(103-86(91)73-69-65-61-57-53-49-43-35-31-27-23-19-15-11-7-3)77-97-84(89)71-67-63-59-55-51-47-45-41-38-34-30-26-22-18-14-10-6-2/h9,13,21-22,25-28,31-34,37-38,40,42,45,47-48,52,55,59,81-83,88H,5-8,10-12,14-20,23-24,29-30,35-36,39,41,43-44,46,49-51,53-54,56-58,60-80H2,1-4H3,(H,93,94)(H,95,96)/b13-9-,25-21-,26-22-,31-27-,32-28-,37-33-,38-34-,42-40-,47-45-,52-48-,59-55-/t81-,82+,83+/m0/s1. The first-order valence-corrected chi connectivity index (χ1v) is 44.4. The number of ether oxygens (including phenoxy) is 4. The molecule has 106 heavy (non-hydrogen) atoms. The van der Waals surface area contributed by atoms with E-state index >= 15 is 0 Å². The topological polar surface area (TPSA) is 237 Å². The van der Waals surface area contributed by atoms with Crippen molar-refractivity contribution in [2.24, 2.45) is 0 Å². The summed E-state index contributed by atoms with van der Waals surface area (Å²) in [5, 5.41) is 10.7. The lowest BCUT2D eigenvalue weighted by atomic mass is 10.1. The number of phosphoric ester groups is 2. The Kier molecular flexibility index (Phi) is 74.8. The van der Waals surface area contributed by atoms with Crippen molar-refractivity contribution in [3.8, 4) is 0 Å².